The van der Waals surface area contributed by atoms with Crippen molar-refractivity contribution in [2.24, 2.45) is 5.14 Å². The number of anilines is 1. The van der Waals surface area contributed by atoms with Gasteiger partial charge in [-0.2, -0.15) is 0 Å². The van der Waals surface area contributed by atoms with E-state index >= 15 is 0 Å². The molecule has 0 saturated carbocycles. The molecule has 0 spiro atoms. The minimum atomic E-state index is -3.74. The summed E-state index contributed by atoms with van der Waals surface area (Å²) >= 11 is 11.8. The van der Waals surface area contributed by atoms with E-state index in [2.05, 4.69) is 0 Å². The lowest BCUT2D eigenvalue weighted by atomic mass is 10.3. The number of sulfonamides is 1. The fraction of sp³-hybridized carbons (Fsp3) is 0.300. The topological polar surface area (TPSA) is 80.5 Å². The molecule has 0 aliphatic carbocycles. The minimum Gasteiger partial charge on any atom is -0.309 e. The van der Waals surface area contributed by atoms with Crippen LogP contribution in [0.5, 0.6) is 0 Å². The van der Waals surface area contributed by atoms with E-state index in [-0.39, 0.29) is 18.9 Å². The summed E-state index contributed by atoms with van der Waals surface area (Å²) in [5.41, 5.74) is 0.403. The molecule has 2 rings (SSSR count). The van der Waals surface area contributed by atoms with Crippen molar-refractivity contribution >= 4 is 44.8 Å². The number of halogens is 2. The number of hydrogen-bond acceptors (Lipinski definition) is 3. The predicted octanol–water partition coefficient (Wildman–Crippen LogP) is 1.39. The van der Waals surface area contributed by atoms with E-state index in [1.165, 1.54) is 11.0 Å². The summed E-state index contributed by atoms with van der Waals surface area (Å²) in [5.74, 6) is -0.335. The SMILES string of the molecule is NS(=O)(=O)C1CC(=O)N(c2cc(Cl)ccc2Cl)C1. The molecule has 98 valence electrons. The van der Waals surface area contributed by atoms with Gasteiger partial charge in [-0.3, -0.25) is 4.79 Å². The lowest BCUT2D eigenvalue weighted by Gasteiger charge is -2.18. The summed E-state index contributed by atoms with van der Waals surface area (Å²) in [6.45, 7) is -0.00225. The molecule has 1 saturated heterocycles. The summed E-state index contributed by atoms with van der Waals surface area (Å²) in [6.07, 6.45) is -0.137. The molecule has 1 fully saturated rings. The van der Waals surface area contributed by atoms with Gasteiger partial charge in [0, 0.05) is 18.0 Å². The highest BCUT2D eigenvalue weighted by Gasteiger charge is 2.37. The van der Waals surface area contributed by atoms with Gasteiger partial charge in [-0.15, -0.1) is 0 Å². The van der Waals surface area contributed by atoms with Crippen LogP contribution in [-0.4, -0.2) is 26.1 Å². The van der Waals surface area contributed by atoms with Gasteiger partial charge in [0.05, 0.1) is 10.7 Å². The molecule has 1 heterocycles. The van der Waals surface area contributed by atoms with Crippen LogP contribution in [0.2, 0.25) is 10.0 Å². The van der Waals surface area contributed by atoms with Crippen molar-refractivity contribution in [2.75, 3.05) is 11.4 Å². The fourth-order valence-electron chi connectivity index (χ4n) is 1.82. The highest BCUT2D eigenvalue weighted by molar-refractivity contribution is 7.89. The van der Waals surface area contributed by atoms with E-state index in [4.69, 9.17) is 28.3 Å². The maximum absolute atomic E-state index is 11.8. The van der Waals surface area contributed by atoms with Crippen LogP contribution in [0.15, 0.2) is 18.2 Å². The van der Waals surface area contributed by atoms with Crippen molar-refractivity contribution in [3.8, 4) is 0 Å². The van der Waals surface area contributed by atoms with Gasteiger partial charge in [-0.05, 0) is 18.2 Å². The number of primary sulfonamides is 1. The Kier molecular flexibility index (Phi) is 3.55. The highest BCUT2D eigenvalue weighted by atomic mass is 35.5. The van der Waals surface area contributed by atoms with Gasteiger partial charge in [0.1, 0.15) is 5.25 Å². The van der Waals surface area contributed by atoms with E-state index < -0.39 is 15.3 Å². The summed E-state index contributed by atoms with van der Waals surface area (Å²) in [4.78, 5) is 13.1. The van der Waals surface area contributed by atoms with Crippen LogP contribution < -0.4 is 10.0 Å². The summed E-state index contributed by atoms with van der Waals surface area (Å²) in [5, 5.41) is 4.90. The average Bonchev–Trinajstić information content (AvgIpc) is 2.64. The Hall–Kier alpha value is -0.820. The third-order valence-corrected chi connectivity index (χ3v) is 4.55. The molecular weight excluding hydrogens is 299 g/mol. The second-order valence-corrected chi connectivity index (χ2v) is 6.70. The van der Waals surface area contributed by atoms with Crippen LogP contribution in [0.1, 0.15) is 6.42 Å². The maximum atomic E-state index is 11.8. The molecule has 0 bridgehead atoms. The molecule has 18 heavy (non-hydrogen) atoms. The maximum Gasteiger partial charge on any atom is 0.228 e. The van der Waals surface area contributed by atoms with E-state index in [9.17, 15) is 13.2 Å². The molecule has 1 unspecified atom stereocenters. The molecular formula is C10H10Cl2N2O3S. The number of nitrogens with two attached hydrogens (primary N) is 1. The molecule has 5 nitrogen and oxygen atoms in total. The monoisotopic (exact) mass is 308 g/mol. The first-order valence-corrected chi connectivity index (χ1v) is 7.42. The van der Waals surface area contributed by atoms with Gasteiger partial charge in [0.25, 0.3) is 0 Å². The van der Waals surface area contributed by atoms with Crippen LogP contribution >= 0.6 is 23.2 Å². The van der Waals surface area contributed by atoms with Gasteiger partial charge < -0.3 is 4.90 Å². The normalized spacial score (nSPS) is 20.5. The highest BCUT2D eigenvalue weighted by Crippen LogP contribution is 2.32. The first-order chi connectivity index (χ1) is 8.29. The van der Waals surface area contributed by atoms with E-state index in [0.29, 0.717) is 15.7 Å². The molecule has 8 heteroatoms. The molecule has 0 radical (unpaired) electrons. The van der Waals surface area contributed by atoms with Gasteiger partial charge in [0.15, 0.2) is 0 Å². The standard InChI is InChI=1S/C10H10Cl2N2O3S/c11-6-1-2-8(12)9(3-6)14-5-7(4-10(14)15)18(13,16)17/h1-3,7H,4-5H2,(H2,13,16,17). The first kappa shape index (κ1) is 13.6. The smallest absolute Gasteiger partial charge is 0.228 e. The Morgan fingerprint density at radius 3 is 2.56 bits per heavy atom. The quantitative estimate of drug-likeness (QED) is 0.896. The number of hydrogen-bond donors (Lipinski definition) is 1. The summed E-state index contributed by atoms with van der Waals surface area (Å²) in [7, 11) is -3.74. The van der Waals surface area contributed by atoms with Gasteiger partial charge >= 0.3 is 0 Å². The van der Waals surface area contributed by atoms with Crippen LogP contribution in [0.25, 0.3) is 0 Å². The van der Waals surface area contributed by atoms with Gasteiger partial charge in [-0.25, -0.2) is 13.6 Å². The minimum absolute atomic E-state index is 0.00225. The Morgan fingerprint density at radius 2 is 2.00 bits per heavy atom. The van der Waals surface area contributed by atoms with E-state index in [1.54, 1.807) is 12.1 Å². The number of nitrogens with zero attached hydrogens (tertiary/aromatic N) is 1. The van der Waals surface area contributed by atoms with Crippen molar-refractivity contribution in [3.63, 3.8) is 0 Å². The van der Waals surface area contributed by atoms with Gasteiger partial charge in [0.2, 0.25) is 15.9 Å². The van der Waals surface area contributed by atoms with E-state index in [1.807, 2.05) is 0 Å². The van der Waals surface area contributed by atoms with Crippen molar-refractivity contribution in [2.45, 2.75) is 11.7 Å². The number of carbonyl (C=O) groups is 1. The lowest BCUT2D eigenvalue weighted by molar-refractivity contribution is -0.117. The molecule has 1 atom stereocenters. The Balaban J connectivity index is 2.35. The first-order valence-electron chi connectivity index (χ1n) is 5.06. The van der Waals surface area contributed by atoms with Crippen LogP contribution in [0.4, 0.5) is 5.69 Å². The number of rotatable bonds is 2. The predicted molar refractivity (Wildman–Crippen MR) is 70.3 cm³/mol. The Labute approximate surface area is 115 Å². The summed E-state index contributed by atoms with van der Waals surface area (Å²) in [6, 6.07) is 4.66. The zero-order valence-corrected chi connectivity index (χ0v) is 11.5. The number of carbonyl (C=O) groups excluding carboxylic acids is 1. The molecule has 1 amide bonds. The molecule has 2 N–H and O–H groups in total. The zero-order valence-electron chi connectivity index (χ0n) is 9.14. The molecule has 1 aliphatic heterocycles. The Morgan fingerprint density at radius 1 is 1.33 bits per heavy atom. The third-order valence-electron chi connectivity index (χ3n) is 2.75. The van der Waals surface area contributed by atoms with E-state index in [0.717, 1.165) is 0 Å². The van der Waals surface area contributed by atoms with Crippen LogP contribution in [-0.2, 0) is 14.8 Å². The molecule has 1 aromatic carbocycles. The molecule has 1 aliphatic rings. The number of amides is 1. The third kappa shape index (κ3) is 2.61. The Bertz CT molecular complexity index is 603. The van der Waals surface area contributed by atoms with Crippen LogP contribution in [0, 0.1) is 0 Å². The summed E-state index contributed by atoms with van der Waals surface area (Å²) < 4.78 is 22.5. The second kappa shape index (κ2) is 4.70. The average molecular weight is 309 g/mol. The second-order valence-electron chi connectivity index (χ2n) is 4.02. The van der Waals surface area contributed by atoms with Crippen molar-refractivity contribution in [1.29, 1.82) is 0 Å². The zero-order chi connectivity index (χ0) is 13.5. The largest absolute Gasteiger partial charge is 0.309 e. The molecule has 0 aromatic heterocycles. The number of benzene rings is 1. The van der Waals surface area contributed by atoms with Crippen molar-refractivity contribution in [3.05, 3.63) is 28.2 Å². The fourth-order valence-corrected chi connectivity index (χ4v) is 2.94. The molecule has 1 aromatic rings. The van der Waals surface area contributed by atoms with Crippen molar-refractivity contribution in [1.82, 2.24) is 0 Å². The van der Waals surface area contributed by atoms with Gasteiger partial charge in [-0.1, -0.05) is 23.2 Å². The van der Waals surface area contributed by atoms with Crippen LogP contribution in [0.3, 0.4) is 0 Å². The van der Waals surface area contributed by atoms with Crippen molar-refractivity contribution < 1.29 is 13.2 Å². The lowest BCUT2D eigenvalue weighted by Crippen LogP contribution is -2.32.